The van der Waals surface area contributed by atoms with Crippen LogP contribution in [0.4, 0.5) is 23.0 Å². The number of hydrogen-bond donors (Lipinski definition) is 2. The van der Waals surface area contributed by atoms with Gasteiger partial charge in [-0.15, -0.1) is 0 Å². The third-order valence-electron chi connectivity index (χ3n) is 5.66. The largest absolute Gasteiger partial charge is 0.466 e. The molecule has 2 heterocycles. The molecule has 1 unspecified atom stereocenters. The van der Waals surface area contributed by atoms with Gasteiger partial charge in [0.15, 0.2) is 11.6 Å². The lowest BCUT2D eigenvalue weighted by atomic mass is 9.98. The van der Waals surface area contributed by atoms with Crippen molar-refractivity contribution in [2.45, 2.75) is 38.5 Å². The number of piperidine rings is 1. The smallest absolute Gasteiger partial charge is 0.310 e. The van der Waals surface area contributed by atoms with Crippen molar-refractivity contribution in [3.63, 3.8) is 0 Å². The molecule has 0 spiro atoms. The Morgan fingerprint density at radius 2 is 1.91 bits per heavy atom. The van der Waals surface area contributed by atoms with E-state index in [1.165, 1.54) is 10.6 Å². The molecular weight excluding hydrogens is 444 g/mol. The topological polar surface area (TPSA) is 131 Å². The fraction of sp³-hybridized carbons (Fsp3) is 0.500. The van der Waals surface area contributed by atoms with Crippen LogP contribution in [-0.2, 0) is 19.6 Å². The van der Waals surface area contributed by atoms with Gasteiger partial charge in [-0.2, -0.15) is 4.31 Å². The van der Waals surface area contributed by atoms with Crippen LogP contribution in [0, 0.1) is 5.92 Å². The first kappa shape index (κ1) is 24.7. The lowest BCUT2D eigenvalue weighted by Gasteiger charge is -2.33. The van der Waals surface area contributed by atoms with Crippen molar-refractivity contribution in [3.8, 4) is 0 Å². The zero-order valence-electron chi connectivity index (χ0n) is 19.3. The maximum Gasteiger partial charge on any atom is 0.310 e. The highest BCUT2D eigenvalue weighted by atomic mass is 32.2. The van der Waals surface area contributed by atoms with Crippen molar-refractivity contribution in [2.75, 3.05) is 48.7 Å². The molecule has 1 saturated heterocycles. The summed E-state index contributed by atoms with van der Waals surface area (Å²) in [5.74, 6) is 0.553. The fourth-order valence-electron chi connectivity index (χ4n) is 3.92. The quantitative estimate of drug-likeness (QED) is 0.524. The van der Waals surface area contributed by atoms with Crippen molar-refractivity contribution in [3.05, 3.63) is 30.6 Å². The van der Waals surface area contributed by atoms with Crippen LogP contribution in [-0.4, -0.2) is 61.4 Å². The Hall–Kier alpha value is -2.92. The van der Waals surface area contributed by atoms with Crippen molar-refractivity contribution >= 4 is 39.0 Å². The second-order valence-corrected chi connectivity index (χ2v) is 9.67. The van der Waals surface area contributed by atoms with Gasteiger partial charge in [0.2, 0.25) is 10.0 Å². The molecule has 0 amide bonds. The summed E-state index contributed by atoms with van der Waals surface area (Å²) < 4.78 is 31.9. The zero-order chi connectivity index (χ0) is 24.0. The van der Waals surface area contributed by atoms with Gasteiger partial charge in [-0.25, -0.2) is 18.4 Å². The SMILES string of the molecule is CCOC(=O)C1CCCN(c2ncnc(Nc3ccc(S(=O)(=O)N(CC)CC)cc3)c2N)C1. The minimum Gasteiger partial charge on any atom is -0.466 e. The predicted molar refractivity (Wildman–Crippen MR) is 128 cm³/mol. The number of carbonyl (C=O) groups is 1. The van der Waals surface area contributed by atoms with E-state index in [0.29, 0.717) is 49.3 Å². The van der Waals surface area contributed by atoms with Gasteiger partial charge in [0.1, 0.15) is 12.0 Å². The summed E-state index contributed by atoms with van der Waals surface area (Å²) in [5, 5.41) is 3.14. The van der Waals surface area contributed by atoms with Gasteiger partial charge in [0.25, 0.3) is 0 Å². The maximum atomic E-state index is 12.7. The minimum atomic E-state index is -3.53. The Kier molecular flexibility index (Phi) is 8.09. The number of benzene rings is 1. The molecule has 10 nitrogen and oxygen atoms in total. The number of hydrogen-bond acceptors (Lipinski definition) is 9. The van der Waals surface area contributed by atoms with E-state index in [-0.39, 0.29) is 16.8 Å². The molecule has 11 heteroatoms. The van der Waals surface area contributed by atoms with Crippen LogP contribution >= 0.6 is 0 Å². The zero-order valence-corrected chi connectivity index (χ0v) is 20.1. The van der Waals surface area contributed by atoms with Crippen molar-refractivity contribution in [1.82, 2.24) is 14.3 Å². The highest BCUT2D eigenvalue weighted by molar-refractivity contribution is 7.89. The van der Waals surface area contributed by atoms with Gasteiger partial charge >= 0.3 is 5.97 Å². The van der Waals surface area contributed by atoms with Gasteiger partial charge in [0.05, 0.1) is 17.4 Å². The van der Waals surface area contributed by atoms with E-state index in [0.717, 1.165) is 19.4 Å². The van der Waals surface area contributed by atoms with Gasteiger partial charge in [-0.05, 0) is 44.0 Å². The Morgan fingerprint density at radius 3 is 2.55 bits per heavy atom. The maximum absolute atomic E-state index is 12.7. The van der Waals surface area contributed by atoms with E-state index in [1.807, 2.05) is 18.7 Å². The molecule has 0 bridgehead atoms. The Bertz CT molecular complexity index is 1060. The first-order valence-electron chi connectivity index (χ1n) is 11.2. The van der Waals surface area contributed by atoms with Gasteiger partial charge in [0, 0.05) is 31.9 Å². The Labute approximate surface area is 195 Å². The van der Waals surface area contributed by atoms with Crippen LogP contribution in [0.1, 0.15) is 33.6 Å². The number of ether oxygens (including phenoxy) is 1. The second kappa shape index (κ2) is 10.8. The minimum absolute atomic E-state index is 0.201. The molecule has 2 aromatic rings. The molecule has 1 atom stereocenters. The normalized spacial score (nSPS) is 16.6. The van der Waals surface area contributed by atoms with Gasteiger partial charge in [-0.3, -0.25) is 4.79 Å². The molecule has 1 aliphatic rings. The van der Waals surface area contributed by atoms with Crippen LogP contribution < -0.4 is 16.0 Å². The summed E-state index contributed by atoms with van der Waals surface area (Å²) in [6.07, 6.45) is 3.02. The van der Waals surface area contributed by atoms with Crippen molar-refractivity contribution < 1.29 is 17.9 Å². The molecule has 3 rings (SSSR count). The number of rotatable bonds is 9. The Balaban J connectivity index is 1.77. The van der Waals surface area contributed by atoms with Crippen LogP contribution in [0.25, 0.3) is 0 Å². The molecule has 0 aliphatic carbocycles. The third kappa shape index (κ3) is 5.53. The molecular formula is C22H32N6O4S. The number of nitrogens with two attached hydrogens (primary N) is 1. The van der Waals surface area contributed by atoms with Crippen LogP contribution in [0.2, 0.25) is 0 Å². The molecule has 0 saturated carbocycles. The summed E-state index contributed by atoms with van der Waals surface area (Å²) in [6, 6.07) is 6.47. The highest BCUT2D eigenvalue weighted by Gasteiger charge is 2.29. The number of carbonyl (C=O) groups excluding carboxylic acids is 1. The number of nitrogens with zero attached hydrogens (tertiary/aromatic N) is 4. The van der Waals surface area contributed by atoms with Crippen LogP contribution in [0.3, 0.4) is 0 Å². The number of nitrogens with one attached hydrogen (secondary N) is 1. The fourth-order valence-corrected chi connectivity index (χ4v) is 5.38. The third-order valence-corrected chi connectivity index (χ3v) is 7.73. The molecule has 1 fully saturated rings. The van der Waals surface area contributed by atoms with Gasteiger partial charge in [-0.1, -0.05) is 13.8 Å². The molecule has 1 aromatic heterocycles. The molecule has 1 aromatic carbocycles. The van der Waals surface area contributed by atoms with E-state index < -0.39 is 10.0 Å². The molecule has 180 valence electrons. The number of nitrogen functional groups attached to an aromatic ring is 1. The first-order valence-corrected chi connectivity index (χ1v) is 12.6. The number of esters is 1. The van der Waals surface area contributed by atoms with E-state index in [2.05, 4.69) is 15.3 Å². The summed E-state index contributed by atoms with van der Waals surface area (Å²) in [5.41, 5.74) is 7.38. The monoisotopic (exact) mass is 476 g/mol. The lowest BCUT2D eigenvalue weighted by molar-refractivity contribution is -0.148. The molecule has 1 aliphatic heterocycles. The second-order valence-electron chi connectivity index (χ2n) is 7.74. The molecule has 33 heavy (non-hydrogen) atoms. The van der Waals surface area contributed by atoms with Crippen molar-refractivity contribution in [1.29, 1.82) is 0 Å². The first-order chi connectivity index (χ1) is 15.8. The number of anilines is 4. The van der Waals surface area contributed by atoms with E-state index in [9.17, 15) is 13.2 Å². The highest BCUT2D eigenvalue weighted by Crippen LogP contribution is 2.32. The molecule has 0 radical (unpaired) electrons. The van der Waals surface area contributed by atoms with Crippen LogP contribution in [0.15, 0.2) is 35.5 Å². The van der Waals surface area contributed by atoms with Gasteiger partial charge < -0.3 is 20.7 Å². The summed E-state index contributed by atoms with van der Waals surface area (Å²) in [4.78, 5) is 23.0. The average molecular weight is 477 g/mol. The molecule has 3 N–H and O–H groups in total. The number of sulfonamides is 1. The predicted octanol–water partition coefficient (Wildman–Crippen LogP) is 2.61. The summed E-state index contributed by atoms with van der Waals surface area (Å²) in [6.45, 7) is 7.80. The average Bonchev–Trinajstić information content (AvgIpc) is 2.81. The summed E-state index contributed by atoms with van der Waals surface area (Å²) in [7, 11) is -3.53. The van der Waals surface area contributed by atoms with E-state index in [1.54, 1.807) is 31.2 Å². The van der Waals surface area contributed by atoms with Crippen molar-refractivity contribution in [2.24, 2.45) is 5.92 Å². The lowest BCUT2D eigenvalue weighted by Crippen LogP contribution is -2.40. The van der Waals surface area contributed by atoms with E-state index >= 15 is 0 Å². The standard InChI is InChI=1S/C22H32N6O4S/c1-4-28(5-2)33(30,31)18-11-9-17(10-12-18)26-20-19(23)21(25-15-24-20)27-13-7-8-16(14-27)22(29)32-6-3/h9-12,15-16H,4-8,13-14,23H2,1-3H3,(H,24,25,26). The van der Waals surface area contributed by atoms with E-state index in [4.69, 9.17) is 10.5 Å². The van der Waals surface area contributed by atoms with Crippen LogP contribution in [0.5, 0.6) is 0 Å². The summed E-state index contributed by atoms with van der Waals surface area (Å²) >= 11 is 0. The Morgan fingerprint density at radius 1 is 1.21 bits per heavy atom. The number of aromatic nitrogens is 2.